The Bertz CT molecular complexity index is 730. The zero-order valence-electron chi connectivity index (χ0n) is 12.4. The first-order valence-electron chi connectivity index (χ1n) is 7.09. The van der Waals surface area contributed by atoms with Gasteiger partial charge in [0.25, 0.3) is 0 Å². The molecule has 0 saturated carbocycles. The maximum absolute atomic E-state index is 5.64. The summed E-state index contributed by atoms with van der Waals surface area (Å²) in [6.07, 6.45) is 3.88. The first-order valence-corrected chi connectivity index (χ1v) is 7.09. The number of nitrogens with zero attached hydrogens (tertiary/aromatic N) is 4. The van der Waals surface area contributed by atoms with E-state index >= 15 is 0 Å². The summed E-state index contributed by atoms with van der Waals surface area (Å²) in [4.78, 5) is 8.20. The topological polar surface area (TPSA) is 81.7 Å². The first kappa shape index (κ1) is 14.1. The maximum atomic E-state index is 5.64. The molecule has 0 unspecified atom stereocenters. The van der Waals surface area contributed by atoms with Crippen LogP contribution in [0.25, 0.3) is 0 Å². The Morgan fingerprint density at radius 3 is 2.73 bits per heavy atom. The van der Waals surface area contributed by atoms with Crippen LogP contribution >= 0.6 is 0 Å². The Labute approximate surface area is 129 Å². The number of nitrogens with one attached hydrogen (secondary N) is 1. The van der Waals surface area contributed by atoms with Crippen LogP contribution < -0.4 is 11.1 Å². The summed E-state index contributed by atoms with van der Waals surface area (Å²) < 4.78 is 1.92. The molecule has 3 rings (SSSR count). The second-order valence-electron chi connectivity index (χ2n) is 5.14. The minimum atomic E-state index is 0.280. The number of aromatic nitrogens is 4. The molecule has 0 radical (unpaired) electrons. The van der Waals surface area contributed by atoms with Gasteiger partial charge in [-0.25, -0.2) is 4.98 Å². The lowest BCUT2D eigenvalue weighted by Crippen LogP contribution is -2.05. The van der Waals surface area contributed by atoms with Crippen LogP contribution in [0.3, 0.4) is 0 Å². The van der Waals surface area contributed by atoms with Crippen molar-refractivity contribution in [1.29, 1.82) is 0 Å². The van der Waals surface area contributed by atoms with E-state index in [4.69, 9.17) is 5.73 Å². The molecule has 0 spiro atoms. The molecule has 2 heterocycles. The van der Waals surface area contributed by atoms with Crippen molar-refractivity contribution in [2.75, 3.05) is 11.1 Å². The molecule has 0 bridgehead atoms. The fraction of sp³-hybridized carbons (Fsp3) is 0.188. The quantitative estimate of drug-likeness (QED) is 0.754. The molecule has 0 amide bonds. The van der Waals surface area contributed by atoms with Gasteiger partial charge in [-0.15, -0.1) is 0 Å². The zero-order chi connectivity index (χ0) is 15.4. The van der Waals surface area contributed by atoms with Gasteiger partial charge in [0.05, 0.1) is 12.7 Å². The normalized spacial score (nSPS) is 10.6. The van der Waals surface area contributed by atoms with Crippen molar-refractivity contribution in [1.82, 2.24) is 19.7 Å². The Morgan fingerprint density at radius 1 is 1.14 bits per heavy atom. The molecule has 0 atom stereocenters. The number of hydrogen-bond acceptors (Lipinski definition) is 5. The third-order valence-corrected chi connectivity index (χ3v) is 3.22. The van der Waals surface area contributed by atoms with Crippen LogP contribution in [0.5, 0.6) is 0 Å². The van der Waals surface area contributed by atoms with E-state index in [2.05, 4.69) is 32.5 Å². The van der Waals surface area contributed by atoms with E-state index in [1.165, 1.54) is 5.56 Å². The molecule has 22 heavy (non-hydrogen) atoms. The highest BCUT2D eigenvalue weighted by Gasteiger charge is 2.02. The molecule has 0 aliphatic carbocycles. The summed E-state index contributed by atoms with van der Waals surface area (Å²) in [7, 11) is 0. The smallest absolute Gasteiger partial charge is 0.222 e. The predicted molar refractivity (Wildman–Crippen MR) is 86.3 cm³/mol. The predicted octanol–water partition coefficient (Wildman–Crippen LogP) is 2.22. The highest BCUT2D eigenvalue weighted by Crippen LogP contribution is 2.10. The van der Waals surface area contributed by atoms with Gasteiger partial charge in [0, 0.05) is 30.1 Å². The van der Waals surface area contributed by atoms with Crippen LogP contribution in [0.1, 0.15) is 16.8 Å². The molecule has 0 aliphatic heterocycles. The summed E-state index contributed by atoms with van der Waals surface area (Å²) in [5.41, 5.74) is 8.80. The SMILES string of the molecule is Cc1cc(NCc2cnn(Cc3ccccc3)c2)nc(N)n1. The molecule has 0 fully saturated rings. The molecular weight excluding hydrogens is 276 g/mol. The van der Waals surface area contributed by atoms with Crippen molar-refractivity contribution in [2.45, 2.75) is 20.0 Å². The summed E-state index contributed by atoms with van der Waals surface area (Å²) in [5, 5.41) is 7.61. The number of rotatable bonds is 5. The lowest BCUT2D eigenvalue weighted by molar-refractivity contribution is 0.686. The maximum Gasteiger partial charge on any atom is 0.222 e. The van der Waals surface area contributed by atoms with Crippen molar-refractivity contribution >= 4 is 11.8 Å². The third kappa shape index (κ3) is 3.60. The van der Waals surface area contributed by atoms with E-state index in [-0.39, 0.29) is 5.95 Å². The van der Waals surface area contributed by atoms with Gasteiger partial charge in [-0.3, -0.25) is 4.68 Å². The summed E-state index contributed by atoms with van der Waals surface area (Å²) >= 11 is 0. The van der Waals surface area contributed by atoms with Crippen LogP contribution in [0.4, 0.5) is 11.8 Å². The Balaban J connectivity index is 1.62. The zero-order valence-corrected chi connectivity index (χ0v) is 12.4. The van der Waals surface area contributed by atoms with Crippen molar-refractivity contribution in [3.63, 3.8) is 0 Å². The van der Waals surface area contributed by atoms with E-state index in [0.29, 0.717) is 6.54 Å². The number of hydrogen-bond donors (Lipinski definition) is 2. The molecule has 112 valence electrons. The molecule has 0 saturated heterocycles. The van der Waals surface area contributed by atoms with Gasteiger partial charge < -0.3 is 11.1 Å². The van der Waals surface area contributed by atoms with E-state index in [9.17, 15) is 0 Å². The molecule has 6 nitrogen and oxygen atoms in total. The van der Waals surface area contributed by atoms with Crippen LogP contribution in [0.15, 0.2) is 48.8 Å². The van der Waals surface area contributed by atoms with E-state index < -0.39 is 0 Å². The van der Waals surface area contributed by atoms with E-state index in [1.54, 1.807) is 0 Å². The number of nitrogens with two attached hydrogens (primary N) is 1. The minimum Gasteiger partial charge on any atom is -0.368 e. The van der Waals surface area contributed by atoms with Gasteiger partial charge in [-0.05, 0) is 12.5 Å². The fourth-order valence-corrected chi connectivity index (χ4v) is 2.23. The second-order valence-corrected chi connectivity index (χ2v) is 5.14. The highest BCUT2D eigenvalue weighted by atomic mass is 15.3. The molecule has 0 aliphatic rings. The Kier molecular flexibility index (Phi) is 4.00. The van der Waals surface area contributed by atoms with Crippen LogP contribution in [-0.2, 0) is 13.1 Å². The largest absolute Gasteiger partial charge is 0.368 e. The average Bonchev–Trinajstić information content (AvgIpc) is 2.93. The Hall–Kier alpha value is -2.89. The average molecular weight is 294 g/mol. The van der Waals surface area contributed by atoms with Gasteiger partial charge in [-0.1, -0.05) is 30.3 Å². The number of anilines is 2. The van der Waals surface area contributed by atoms with Gasteiger partial charge in [0.2, 0.25) is 5.95 Å². The molecular formula is C16H18N6. The number of nitrogen functional groups attached to an aromatic ring is 1. The second kappa shape index (κ2) is 6.26. The van der Waals surface area contributed by atoms with Gasteiger partial charge in [0.1, 0.15) is 5.82 Å². The minimum absolute atomic E-state index is 0.280. The summed E-state index contributed by atoms with van der Waals surface area (Å²) in [5.74, 6) is 1.00. The van der Waals surface area contributed by atoms with Gasteiger partial charge >= 0.3 is 0 Å². The van der Waals surface area contributed by atoms with Gasteiger partial charge in [-0.2, -0.15) is 10.1 Å². The molecule has 1 aromatic carbocycles. The molecule has 6 heteroatoms. The van der Waals surface area contributed by atoms with Crippen molar-refractivity contribution in [2.24, 2.45) is 0 Å². The standard InChI is InChI=1S/C16H18N6/c1-12-7-15(21-16(17)20-12)18-8-14-9-19-22(11-14)10-13-5-3-2-4-6-13/h2-7,9,11H,8,10H2,1H3,(H3,17,18,20,21). The van der Waals surface area contributed by atoms with Crippen molar-refractivity contribution in [3.8, 4) is 0 Å². The molecule has 3 N–H and O–H groups in total. The number of aryl methyl sites for hydroxylation is 1. The van der Waals surface area contributed by atoms with Crippen molar-refractivity contribution in [3.05, 3.63) is 65.6 Å². The van der Waals surface area contributed by atoms with Gasteiger partial charge in [0.15, 0.2) is 0 Å². The van der Waals surface area contributed by atoms with Crippen LogP contribution in [0, 0.1) is 6.92 Å². The summed E-state index contributed by atoms with van der Waals surface area (Å²) in [6, 6.07) is 12.1. The lowest BCUT2D eigenvalue weighted by Gasteiger charge is -2.05. The number of benzene rings is 1. The van der Waals surface area contributed by atoms with Crippen LogP contribution in [-0.4, -0.2) is 19.7 Å². The van der Waals surface area contributed by atoms with Crippen molar-refractivity contribution < 1.29 is 0 Å². The lowest BCUT2D eigenvalue weighted by atomic mass is 10.2. The third-order valence-electron chi connectivity index (χ3n) is 3.22. The summed E-state index contributed by atoms with van der Waals surface area (Å²) in [6.45, 7) is 3.30. The molecule has 2 aromatic heterocycles. The first-order chi connectivity index (χ1) is 10.7. The monoisotopic (exact) mass is 294 g/mol. The van der Waals surface area contributed by atoms with Crippen LogP contribution in [0.2, 0.25) is 0 Å². The fourth-order valence-electron chi connectivity index (χ4n) is 2.23. The highest BCUT2D eigenvalue weighted by molar-refractivity contribution is 5.40. The molecule has 3 aromatic rings. The van der Waals surface area contributed by atoms with E-state index in [0.717, 1.165) is 23.6 Å². The van der Waals surface area contributed by atoms with E-state index in [1.807, 2.05) is 48.3 Å². The Morgan fingerprint density at radius 2 is 1.95 bits per heavy atom.